The van der Waals surface area contributed by atoms with Gasteiger partial charge in [0.1, 0.15) is 0 Å². The number of carbonyl (C=O) groups is 1. The molecule has 0 radical (unpaired) electrons. The van der Waals surface area contributed by atoms with Gasteiger partial charge in [0.2, 0.25) is 17.5 Å². The Bertz CT molecular complexity index is 986. The first-order chi connectivity index (χ1) is 13.4. The number of hydrogen-bond donors (Lipinski definition) is 1. The number of halogens is 3. The summed E-state index contributed by atoms with van der Waals surface area (Å²) < 4.78 is 43.4. The molecule has 1 aliphatic heterocycles. The van der Waals surface area contributed by atoms with Crippen LogP contribution in [0.4, 0.5) is 23.7 Å². The molecule has 1 saturated heterocycles. The average molecular weight is 390 g/mol. The summed E-state index contributed by atoms with van der Waals surface area (Å²) in [6.07, 6.45) is -1.36. The van der Waals surface area contributed by atoms with Crippen LogP contribution in [0.15, 0.2) is 47.2 Å². The van der Waals surface area contributed by atoms with E-state index in [4.69, 9.17) is 4.52 Å². The summed E-state index contributed by atoms with van der Waals surface area (Å²) in [5.74, 6) is 0.779. The quantitative estimate of drug-likeness (QED) is 0.738. The van der Waals surface area contributed by atoms with Crippen molar-refractivity contribution in [1.29, 1.82) is 0 Å². The van der Waals surface area contributed by atoms with Gasteiger partial charge in [-0.2, -0.15) is 18.2 Å². The fourth-order valence-electron chi connectivity index (χ4n) is 2.68. The van der Waals surface area contributed by atoms with Crippen LogP contribution in [0.25, 0.3) is 11.6 Å². The molecular formula is C17H13F3N6O2. The Balaban J connectivity index is 1.35. The maximum absolute atomic E-state index is 12.7. The highest BCUT2D eigenvalue weighted by atomic mass is 19.4. The van der Waals surface area contributed by atoms with Gasteiger partial charge in [-0.1, -0.05) is 11.2 Å². The van der Waals surface area contributed by atoms with Gasteiger partial charge in [0, 0.05) is 31.2 Å². The Labute approximate surface area is 156 Å². The number of alkyl halides is 3. The van der Waals surface area contributed by atoms with Gasteiger partial charge in [-0.25, -0.2) is 14.8 Å². The molecule has 1 fully saturated rings. The molecule has 2 aromatic heterocycles. The monoisotopic (exact) mass is 390 g/mol. The molecule has 8 nitrogen and oxygen atoms in total. The Hall–Kier alpha value is -3.50. The minimum absolute atomic E-state index is 0.0737. The highest BCUT2D eigenvalue weighted by Gasteiger charge is 2.36. The first-order valence-electron chi connectivity index (χ1n) is 8.24. The summed E-state index contributed by atoms with van der Waals surface area (Å²) in [7, 11) is 0. The van der Waals surface area contributed by atoms with Crippen LogP contribution >= 0.6 is 0 Å². The molecule has 1 N–H and O–H groups in total. The van der Waals surface area contributed by atoms with E-state index < -0.39 is 17.8 Å². The molecule has 3 aromatic rings. The molecule has 1 aromatic carbocycles. The first-order valence-corrected chi connectivity index (χ1v) is 8.24. The number of aromatic nitrogens is 4. The molecule has 0 bridgehead atoms. The topological polar surface area (TPSA) is 97.0 Å². The molecule has 0 aliphatic carbocycles. The van der Waals surface area contributed by atoms with Gasteiger partial charge in [0.25, 0.3) is 0 Å². The second kappa shape index (κ2) is 6.91. The molecule has 3 heterocycles. The van der Waals surface area contributed by atoms with E-state index in [2.05, 4.69) is 25.4 Å². The van der Waals surface area contributed by atoms with Crippen molar-refractivity contribution in [2.45, 2.75) is 12.1 Å². The summed E-state index contributed by atoms with van der Waals surface area (Å²) in [6.45, 7) is 0.615. The Morgan fingerprint density at radius 2 is 1.89 bits per heavy atom. The van der Waals surface area contributed by atoms with Crippen molar-refractivity contribution in [3.63, 3.8) is 0 Å². The van der Waals surface area contributed by atoms with E-state index in [1.165, 1.54) is 17.0 Å². The fraction of sp³-hybridized carbons (Fsp3) is 0.235. The number of nitrogens with one attached hydrogen (secondary N) is 1. The maximum Gasteiger partial charge on any atom is 0.416 e. The lowest BCUT2D eigenvalue weighted by atomic mass is 10.0. The van der Waals surface area contributed by atoms with E-state index in [0.29, 0.717) is 24.8 Å². The summed E-state index contributed by atoms with van der Waals surface area (Å²) in [6, 6.07) is 5.63. The predicted molar refractivity (Wildman–Crippen MR) is 90.1 cm³/mol. The summed E-state index contributed by atoms with van der Waals surface area (Å²) in [4.78, 5) is 25.9. The van der Waals surface area contributed by atoms with E-state index in [0.717, 1.165) is 12.1 Å². The van der Waals surface area contributed by atoms with Crippen molar-refractivity contribution >= 4 is 11.7 Å². The van der Waals surface area contributed by atoms with Crippen LogP contribution in [0.3, 0.4) is 0 Å². The van der Waals surface area contributed by atoms with E-state index in [1.54, 1.807) is 18.5 Å². The van der Waals surface area contributed by atoms with Gasteiger partial charge < -0.3 is 14.7 Å². The normalized spacial score (nSPS) is 14.6. The SMILES string of the molecule is O=C(Nc1cccc(C(F)(F)F)c1)N1CC(c2nc(-c3ncccn3)no2)C1. The second-order valence-corrected chi connectivity index (χ2v) is 6.14. The fourth-order valence-corrected chi connectivity index (χ4v) is 2.68. The number of anilines is 1. The third kappa shape index (κ3) is 3.63. The minimum atomic E-state index is -4.47. The number of carbonyl (C=O) groups excluding carboxylic acids is 1. The third-order valence-electron chi connectivity index (χ3n) is 4.17. The van der Waals surface area contributed by atoms with Crippen LogP contribution < -0.4 is 5.32 Å². The number of hydrogen-bond acceptors (Lipinski definition) is 6. The average Bonchev–Trinajstić information content (AvgIpc) is 3.10. The number of likely N-dealkylation sites (tertiary alicyclic amines) is 1. The zero-order valence-corrected chi connectivity index (χ0v) is 14.2. The van der Waals surface area contributed by atoms with Crippen molar-refractivity contribution in [3.05, 3.63) is 54.2 Å². The Morgan fingerprint density at radius 1 is 1.14 bits per heavy atom. The number of benzene rings is 1. The zero-order valence-electron chi connectivity index (χ0n) is 14.2. The van der Waals surface area contributed by atoms with E-state index in [9.17, 15) is 18.0 Å². The van der Waals surface area contributed by atoms with Crippen LogP contribution in [0, 0.1) is 0 Å². The van der Waals surface area contributed by atoms with Crippen LogP contribution in [0.5, 0.6) is 0 Å². The number of amides is 2. The standard InChI is InChI=1S/C17H13F3N6O2/c18-17(19,20)11-3-1-4-12(7-11)23-16(27)26-8-10(9-26)15-24-14(25-28-15)13-21-5-2-6-22-13/h1-7,10H,8-9H2,(H,23,27). The van der Waals surface area contributed by atoms with Crippen molar-refractivity contribution < 1.29 is 22.5 Å². The van der Waals surface area contributed by atoms with Gasteiger partial charge in [-0.15, -0.1) is 0 Å². The van der Waals surface area contributed by atoms with Crippen LogP contribution in [-0.4, -0.2) is 44.1 Å². The van der Waals surface area contributed by atoms with Crippen LogP contribution in [-0.2, 0) is 6.18 Å². The minimum Gasteiger partial charge on any atom is -0.338 e. The molecule has 2 amide bonds. The van der Waals surface area contributed by atoms with Crippen LogP contribution in [0.2, 0.25) is 0 Å². The molecule has 144 valence electrons. The van der Waals surface area contributed by atoms with E-state index >= 15 is 0 Å². The lowest BCUT2D eigenvalue weighted by molar-refractivity contribution is -0.137. The van der Waals surface area contributed by atoms with E-state index in [1.807, 2.05) is 0 Å². The lowest BCUT2D eigenvalue weighted by Gasteiger charge is -2.36. The molecule has 1 aliphatic rings. The Morgan fingerprint density at radius 3 is 2.61 bits per heavy atom. The summed E-state index contributed by atoms with van der Waals surface area (Å²) in [5, 5.41) is 6.28. The number of urea groups is 1. The highest BCUT2D eigenvalue weighted by molar-refractivity contribution is 5.90. The summed E-state index contributed by atoms with van der Waals surface area (Å²) in [5.41, 5.74) is -0.752. The molecule has 4 rings (SSSR count). The van der Waals surface area contributed by atoms with Gasteiger partial charge in [-0.05, 0) is 24.3 Å². The van der Waals surface area contributed by atoms with Crippen molar-refractivity contribution in [2.75, 3.05) is 18.4 Å². The Kier molecular flexibility index (Phi) is 4.41. The zero-order chi connectivity index (χ0) is 19.7. The van der Waals surface area contributed by atoms with Crippen molar-refractivity contribution in [3.8, 4) is 11.6 Å². The summed E-state index contributed by atoms with van der Waals surface area (Å²) >= 11 is 0. The number of rotatable bonds is 3. The van der Waals surface area contributed by atoms with Gasteiger partial charge in [0.15, 0.2) is 0 Å². The second-order valence-electron chi connectivity index (χ2n) is 6.14. The third-order valence-corrected chi connectivity index (χ3v) is 4.17. The highest BCUT2D eigenvalue weighted by Crippen LogP contribution is 2.31. The molecular weight excluding hydrogens is 377 g/mol. The van der Waals surface area contributed by atoms with Gasteiger partial charge >= 0.3 is 12.2 Å². The van der Waals surface area contributed by atoms with Gasteiger partial charge in [0.05, 0.1) is 11.5 Å². The molecule has 28 heavy (non-hydrogen) atoms. The molecule has 0 spiro atoms. The van der Waals surface area contributed by atoms with E-state index in [-0.39, 0.29) is 17.4 Å². The van der Waals surface area contributed by atoms with Crippen LogP contribution in [0.1, 0.15) is 17.4 Å². The molecule has 0 unspecified atom stereocenters. The van der Waals surface area contributed by atoms with Crippen molar-refractivity contribution in [2.24, 2.45) is 0 Å². The molecule has 0 saturated carbocycles. The first kappa shape index (κ1) is 17.9. The lowest BCUT2D eigenvalue weighted by Crippen LogP contribution is -2.50. The number of nitrogens with zero attached hydrogens (tertiary/aromatic N) is 5. The molecule has 0 atom stereocenters. The molecule has 11 heteroatoms. The van der Waals surface area contributed by atoms with Crippen molar-refractivity contribution in [1.82, 2.24) is 25.0 Å². The largest absolute Gasteiger partial charge is 0.416 e. The maximum atomic E-state index is 12.7. The predicted octanol–water partition coefficient (Wildman–Crippen LogP) is 3.18. The van der Waals surface area contributed by atoms with Gasteiger partial charge in [-0.3, -0.25) is 0 Å². The smallest absolute Gasteiger partial charge is 0.338 e.